The standard InChI is InChI=1S/C17H18N4O3/c1-10(7-12-9-18-14-6-4-3-5-13(12)14)19-16(22)17(23)20-15-8-11(2)24-21-15/h3-6,8-10,18H,7H2,1-2H3,(H,19,22)(H,20,21,23)/t10-/m1/s1. The van der Waals surface area contributed by atoms with Crippen LogP contribution < -0.4 is 10.6 Å². The van der Waals surface area contributed by atoms with Gasteiger partial charge in [0, 0.05) is 29.2 Å². The largest absolute Gasteiger partial charge is 0.361 e. The quantitative estimate of drug-likeness (QED) is 0.640. The number of nitrogens with one attached hydrogen (secondary N) is 3. The third kappa shape index (κ3) is 3.45. The maximum atomic E-state index is 12.0. The molecule has 0 spiro atoms. The molecule has 0 saturated carbocycles. The zero-order chi connectivity index (χ0) is 17.1. The summed E-state index contributed by atoms with van der Waals surface area (Å²) in [7, 11) is 0. The Morgan fingerprint density at radius 2 is 2.08 bits per heavy atom. The van der Waals surface area contributed by atoms with E-state index < -0.39 is 11.8 Å². The smallest absolute Gasteiger partial charge is 0.314 e. The molecule has 7 nitrogen and oxygen atoms in total. The van der Waals surface area contributed by atoms with Crippen molar-refractivity contribution in [3.8, 4) is 0 Å². The van der Waals surface area contributed by atoms with Crippen LogP contribution in [0.2, 0.25) is 0 Å². The molecule has 2 aromatic heterocycles. The van der Waals surface area contributed by atoms with E-state index in [0.29, 0.717) is 12.2 Å². The number of nitrogens with zero attached hydrogens (tertiary/aromatic N) is 1. The van der Waals surface area contributed by atoms with Crippen LogP contribution in [0.4, 0.5) is 5.82 Å². The first-order valence-corrected chi connectivity index (χ1v) is 7.63. The Labute approximate surface area is 138 Å². The van der Waals surface area contributed by atoms with Crippen molar-refractivity contribution in [3.05, 3.63) is 47.9 Å². The van der Waals surface area contributed by atoms with Crippen molar-refractivity contribution in [3.63, 3.8) is 0 Å². The highest BCUT2D eigenvalue weighted by molar-refractivity contribution is 6.39. The van der Waals surface area contributed by atoms with Crippen molar-refractivity contribution in [2.75, 3.05) is 5.32 Å². The van der Waals surface area contributed by atoms with Crippen molar-refractivity contribution in [2.24, 2.45) is 0 Å². The van der Waals surface area contributed by atoms with Crippen molar-refractivity contribution in [2.45, 2.75) is 26.3 Å². The summed E-state index contributed by atoms with van der Waals surface area (Å²) in [6, 6.07) is 9.30. The van der Waals surface area contributed by atoms with Crippen LogP contribution in [0.15, 0.2) is 41.1 Å². The fourth-order valence-corrected chi connectivity index (χ4v) is 2.57. The van der Waals surface area contributed by atoms with Crippen molar-refractivity contribution < 1.29 is 14.1 Å². The third-order valence-corrected chi connectivity index (χ3v) is 3.65. The normalized spacial score (nSPS) is 12.1. The molecule has 0 aliphatic carbocycles. The molecule has 2 amide bonds. The zero-order valence-electron chi connectivity index (χ0n) is 13.4. The molecule has 7 heteroatoms. The number of rotatable bonds is 4. The summed E-state index contributed by atoms with van der Waals surface area (Å²) >= 11 is 0. The zero-order valence-corrected chi connectivity index (χ0v) is 13.4. The number of benzene rings is 1. The number of hydrogen-bond donors (Lipinski definition) is 3. The van der Waals surface area contributed by atoms with Gasteiger partial charge in [0.25, 0.3) is 0 Å². The molecule has 0 saturated heterocycles. The molecule has 24 heavy (non-hydrogen) atoms. The predicted octanol–water partition coefficient (Wildman–Crippen LogP) is 2.15. The minimum absolute atomic E-state index is 0.193. The second-order valence-electron chi connectivity index (χ2n) is 5.72. The van der Waals surface area contributed by atoms with Gasteiger partial charge in [0.2, 0.25) is 0 Å². The number of H-pyrrole nitrogens is 1. The summed E-state index contributed by atoms with van der Waals surface area (Å²) < 4.78 is 4.84. The van der Waals surface area contributed by atoms with Crippen LogP contribution in [0.25, 0.3) is 10.9 Å². The molecule has 0 aliphatic rings. The highest BCUT2D eigenvalue weighted by Crippen LogP contribution is 2.19. The topological polar surface area (TPSA) is 100 Å². The first-order valence-electron chi connectivity index (χ1n) is 7.63. The molecule has 0 bridgehead atoms. The van der Waals surface area contributed by atoms with Crippen molar-refractivity contribution in [1.82, 2.24) is 15.5 Å². The van der Waals surface area contributed by atoms with E-state index in [1.807, 2.05) is 37.4 Å². The SMILES string of the molecule is Cc1cc(NC(=O)C(=O)N[C@H](C)Cc2c[nH]c3ccccc23)no1. The van der Waals surface area contributed by atoms with Crippen LogP contribution in [0.5, 0.6) is 0 Å². The molecule has 0 radical (unpaired) electrons. The van der Waals surface area contributed by atoms with Gasteiger partial charge in [0.05, 0.1) is 0 Å². The number of aromatic amines is 1. The lowest BCUT2D eigenvalue weighted by Crippen LogP contribution is -2.41. The molecule has 1 aromatic carbocycles. The molecule has 3 N–H and O–H groups in total. The van der Waals surface area contributed by atoms with Gasteiger partial charge in [-0.15, -0.1) is 0 Å². The fraction of sp³-hybridized carbons (Fsp3) is 0.235. The van der Waals surface area contributed by atoms with E-state index >= 15 is 0 Å². The van der Waals surface area contributed by atoms with Crippen LogP contribution in [0.3, 0.4) is 0 Å². The summed E-state index contributed by atoms with van der Waals surface area (Å²) in [5.74, 6) is -0.701. The fourth-order valence-electron chi connectivity index (χ4n) is 2.57. The van der Waals surface area contributed by atoms with Gasteiger partial charge in [-0.05, 0) is 31.9 Å². The van der Waals surface area contributed by atoms with Gasteiger partial charge in [-0.3, -0.25) is 14.9 Å². The summed E-state index contributed by atoms with van der Waals surface area (Å²) in [5.41, 5.74) is 2.14. The van der Waals surface area contributed by atoms with Crippen molar-refractivity contribution in [1.29, 1.82) is 0 Å². The average Bonchev–Trinajstić information content (AvgIpc) is 3.14. The Bertz CT molecular complexity index is 881. The first-order chi connectivity index (χ1) is 11.5. The second kappa shape index (κ2) is 6.57. The summed E-state index contributed by atoms with van der Waals surface area (Å²) in [4.78, 5) is 27.0. The third-order valence-electron chi connectivity index (χ3n) is 3.65. The van der Waals surface area contributed by atoms with E-state index in [2.05, 4.69) is 20.8 Å². The van der Waals surface area contributed by atoms with Crippen LogP contribution in [-0.4, -0.2) is 28.0 Å². The number of aryl methyl sites for hydroxylation is 1. The van der Waals surface area contributed by atoms with E-state index in [1.54, 1.807) is 13.0 Å². The Kier molecular flexibility index (Phi) is 4.33. The Morgan fingerprint density at radius 3 is 2.83 bits per heavy atom. The number of hydrogen-bond acceptors (Lipinski definition) is 4. The van der Waals surface area contributed by atoms with Crippen LogP contribution >= 0.6 is 0 Å². The van der Waals surface area contributed by atoms with Crippen LogP contribution in [0, 0.1) is 6.92 Å². The number of anilines is 1. The molecule has 0 aliphatic heterocycles. The lowest BCUT2D eigenvalue weighted by molar-refractivity contribution is -0.136. The highest BCUT2D eigenvalue weighted by atomic mass is 16.5. The maximum Gasteiger partial charge on any atom is 0.314 e. The van der Waals surface area contributed by atoms with Gasteiger partial charge in [-0.1, -0.05) is 23.4 Å². The van der Waals surface area contributed by atoms with Gasteiger partial charge in [-0.25, -0.2) is 0 Å². The molecule has 124 valence electrons. The molecule has 1 atom stereocenters. The van der Waals surface area contributed by atoms with Crippen LogP contribution in [-0.2, 0) is 16.0 Å². The minimum atomic E-state index is -0.769. The lowest BCUT2D eigenvalue weighted by atomic mass is 10.1. The van der Waals surface area contributed by atoms with Crippen LogP contribution in [0.1, 0.15) is 18.2 Å². The summed E-state index contributed by atoms with van der Waals surface area (Å²) in [5, 5.41) is 9.81. The number of carbonyl (C=O) groups is 2. The number of para-hydroxylation sites is 1. The number of fused-ring (bicyclic) bond motifs is 1. The molecule has 3 rings (SSSR count). The predicted molar refractivity (Wildman–Crippen MR) is 89.5 cm³/mol. The molecule has 0 fully saturated rings. The number of amides is 2. The van der Waals surface area contributed by atoms with Crippen molar-refractivity contribution >= 4 is 28.5 Å². The highest BCUT2D eigenvalue weighted by Gasteiger charge is 2.18. The Morgan fingerprint density at radius 1 is 1.29 bits per heavy atom. The lowest BCUT2D eigenvalue weighted by Gasteiger charge is -2.12. The Hall–Kier alpha value is -3.09. The van der Waals surface area contributed by atoms with Gasteiger partial charge in [0.1, 0.15) is 5.76 Å². The Balaban J connectivity index is 1.58. The number of aromatic nitrogens is 2. The summed E-state index contributed by atoms with van der Waals surface area (Å²) in [6.07, 6.45) is 2.54. The van der Waals surface area contributed by atoms with E-state index in [9.17, 15) is 9.59 Å². The second-order valence-corrected chi connectivity index (χ2v) is 5.72. The van der Waals surface area contributed by atoms with E-state index in [4.69, 9.17) is 4.52 Å². The minimum Gasteiger partial charge on any atom is -0.361 e. The van der Waals surface area contributed by atoms with E-state index in [-0.39, 0.29) is 11.9 Å². The van der Waals surface area contributed by atoms with Gasteiger partial charge in [-0.2, -0.15) is 0 Å². The average molecular weight is 326 g/mol. The monoisotopic (exact) mass is 326 g/mol. The maximum absolute atomic E-state index is 12.0. The van der Waals surface area contributed by atoms with Gasteiger partial charge >= 0.3 is 11.8 Å². The summed E-state index contributed by atoms with van der Waals surface area (Å²) in [6.45, 7) is 3.55. The van der Waals surface area contributed by atoms with Gasteiger partial charge in [0.15, 0.2) is 5.82 Å². The number of carbonyl (C=O) groups excluding carboxylic acids is 2. The van der Waals surface area contributed by atoms with E-state index in [1.165, 1.54) is 0 Å². The van der Waals surface area contributed by atoms with Gasteiger partial charge < -0.3 is 14.8 Å². The molecular formula is C17H18N4O3. The molecule has 0 unspecified atom stereocenters. The first kappa shape index (κ1) is 15.8. The molecular weight excluding hydrogens is 308 g/mol. The van der Waals surface area contributed by atoms with E-state index in [0.717, 1.165) is 16.5 Å². The molecule has 2 heterocycles. The molecule has 3 aromatic rings.